The van der Waals surface area contributed by atoms with Gasteiger partial charge in [0.15, 0.2) is 0 Å². The molecule has 7 nitrogen and oxygen atoms in total. The Labute approximate surface area is 142 Å². The summed E-state index contributed by atoms with van der Waals surface area (Å²) in [5, 5.41) is 0. The third-order valence-electron chi connectivity index (χ3n) is 3.64. The fourth-order valence-corrected chi connectivity index (χ4v) is 3.80. The lowest BCUT2D eigenvalue weighted by molar-refractivity contribution is 0.0992. The molecule has 0 radical (unpaired) electrons. The Morgan fingerprint density at radius 2 is 1.96 bits per heavy atom. The third kappa shape index (κ3) is 4.15. The van der Waals surface area contributed by atoms with Crippen molar-refractivity contribution in [3.63, 3.8) is 0 Å². The van der Waals surface area contributed by atoms with Crippen molar-refractivity contribution in [2.24, 2.45) is 12.8 Å². The van der Waals surface area contributed by atoms with E-state index >= 15 is 0 Å². The zero-order valence-electron chi connectivity index (χ0n) is 13.9. The van der Waals surface area contributed by atoms with Gasteiger partial charge in [-0.15, -0.1) is 0 Å². The molecule has 0 saturated carbocycles. The van der Waals surface area contributed by atoms with Crippen LogP contribution >= 0.6 is 0 Å². The molecule has 0 bridgehead atoms. The Kier molecular flexibility index (Phi) is 5.30. The second-order valence-electron chi connectivity index (χ2n) is 5.77. The lowest BCUT2D eigenvalue weighted by Crippen LogP contribution is -2.40. The molecular weight excluding hydrogens is 328 g/mol. The van der Waals surface area contributed by atoms with E-state index in [1.807, 2.05) is 42.3 Å². The minimum atomic E-state index is -3.73. The molecule has 2 rings (SSSR count). The first-order chi connectivity index (χ1) is 11.2. The van der Waals surface area contributed by atoms with E-state index in [2.05, 4.69) is 4.72 Å². The van der Waals surface area contributed by atoms with Crippen molar-refractivity contribution in [1.29, 1.82) is 0 Å². The predicted octanol–water partition coefficient (Wildman–Crippen LogP) is 0.927. The van der Waals surface area contributed by atoms with Crippen molar-refractivity contribution in [1.82, 2.24) is 9.29 Å². The highest BCUT2D eigenvalue weighted by Gasteiger charge is 2.22. The molecule has 24 heavy (non-hydrogen) atoms. The standard InChI is InChI=1S/C16H22N4O3S/c1-12(10-19(2)13-7-5-4-6-8-13)18-24(22,23)14-9-15(16(17)21)20(3)11-14/h4-9,11-12,18H,10H2,1-3H3,(H2,17,21)/t12-/m1/s1. The molecule has 1 amide bonds. The van der Waals surface area contributed by atoms with Crippen LogP contribution in [0.1, 0.15) is 17.4 Å². The van der Waals surface area contributed by atoms with Crippen molar-refractivity contribution in [2.75, 3.05) is 18.5 Å². The molecule has 0 aliphatic carbocycles. The largest absolute Gasteiger partial charge is 0.373 e. The fraction of sp³-hybridized carbons (Fsp3) is 0.312. The number of nitrogens with one attached hydrogen (secondary N) is 1. The average molecular weight is 350 g/mol. The molecule has 1 aromatic heterocycles. The summed E-state index contributed by atoms with van der Waals surface area (Å²) in [4.78, 5) is 13.3. The Bertz CT molecular complexity index is 815. The summed E-state index contributed by atoms with van der Waals surface area (Å²) < 4.78 is 28.9. The summed E-state index contributed by atoms with van der Waals surface area (Å²) in [6.07, 6.45) is 1.37. The number of hydrogen-bond acceptors (Lipinski definition) is 4. The van der Waals surface area contributed by atoms with Crippen molar-refractivity contribution in [3.05, 3.63) is 48.3 Å². The zero-order valence-corrected chi connectivity index (χ0v) is 14.7. The summed E-state index contributed by atoms with van der Waals surface area (Å²) in [5.41, 5.74) is 6.36. The summed E-state index contributed by atoms with van der Waals surface area (Å²) in [6, 6.07) is 10.6. The van der Waals surface area contributed by atoms with Crippen molar-refractivity contribution < 1.29 is 13.2 Å². The Morgan fingerprint density at radius 3 is 2.50 bits per heavy atom. The topological polar surface area (TPSA) is 97.4 Å². The number of carbonyl (C=O) groups is 1. The zero-order chi connectivity index (χ0) is 17.9. The van der Waals surface area contributed by atoms with Crippen molar-refractivity contribution in [3.8, 4) is 0 Å². The second-order valence-corrected chi connectivity index (χ2v) is 7.49. The molecule has 130 valence electrons. The molecule has 0 aliphatic rings. The van der Waals surface area contributed by atoms with E-state index < -0.39 is 15.9 Å². The average Bonchev–Trinajstić information content (AvgIpc) is 2.90. The van der Waals surface area contributed by atoms with E-state index in [1.165, 1.54) is 16.8 Å². The van der Waals surface area contributed by atoms with E-state index in [4.69, 9.17) is 5.73 Å². The van der Waals surface area contributed by atoms with Gasteiger partial charge in [-0.3, -0.25) is 4.79 Å². The monoisotopic (exact) mass is 350 g/mol. The van der Waals surface area contributed by atoms with Gasteiger partial charge in [-0.25, -0.2) is 13.1 Å². The fourth-order valence-electron chi connectivity index (χ4n) is 2.49. The molecular formula is C16H22N4O3S. The molecule has 0 aliphatic heterocycles. The van der Waals surface area contributed by atoms with Gasteiger partial charge < -0.3 is 15.2 Å². The highest BCUT2D eigenvalue weighted by molar-refractivity contribution is 7.89. The number of nitrogens with zero attached hydrogens (tertiary/aromatic N) is 2. The first kappa shape index (κ1) is 18.0. The van der Waals surface area contributed by atoms with Gasteiger partial charge in [0.2, 0.25) is 10.0 Å². The van der Waals surface area contributed by atoms with E-state index in [0.717, 1.165) is 5.69 Å². The summed E-state index contributed by atoms with van der Waals surface area (Å²) in [7, 11) is -0.256. The second kappa shape index (κ2) is 7.06. The number of likely N-dealkylation sites (N-methyl/N-ethyl adjacent to an activating group) is 1. The molecule has 3 N–H and O–H groups in total. The first-order valence-electron chi connectivity index (χ1n) is 7.45. The lowest BCUT2D eigenvalue weighted by atomic mass is 10.2. The Hall–Kier alpha value is -2.32. The van der Waals surface area contributed by atoms with E-state index in [-0.39, 0.29) is 16.6 Å². The van der Waals surface area contributed by atoms with Crippen LogP contribution in [0.15, 0.2) is 47.5 Å². The number of amides is 1. The van der Waals surface area contributed by atoms with Crippen LogP contribution in [0.25, 0.3) is 0 Å². The Morgan fingerprint density at radius 1 is 1.33 bits per heavy atom. The number of hydrogen-bond donors (Lipinski definition) is 2. The van der Waals surface area contributed by atoms with Gasteiger partial charge >= 0.3 is 0 Å². The lowest BCUT2D eigenvalue weighted by Gasteiger charge is -2.23. The number of sulfonamides is 1. The molecule has 8 heteroatoms. The maximum absolute atomic E-state index is 12.5. The molecule has 1 atom stereocenters. The highest BCUT2D eigenvalue weighted by Crippen LogP contribution is 2.15. The quantitative estimate of drug-likeness (QED) is 0.776. The number of rotatable bonds is 7. The Balaban J connectivity index is 2.08. The van der Waals surface area contributed by atoms with Crippen LogP contribution in [-0.2, 0) is 17.1 Å². The van der Waals surface area contributed by atoms with E-state index in [9.17, 15) is 13.2 Å². The molecule has 0 fully saturated rings. The third-order valence-corrected chi connectivity index (χ3v) is 5.20. The maximum atomic E-state index is 12.5. The number of benzene rings is 1. The van der Waals surface area contributed by atoms with E-state index in [1.54, 1.807) is 14.0 Å². The van der Waals surface area contributed by atoms with Crippen LogP contribution in [-0.4, -0.2) is 38.5 Å². The molecule has 2 aromatic rings. The van der Waals surface area contributed by atoms with Gasteiger partial charge in [-0.05, 0) is 25.1 Å². The summed E-state index contributed by atoms with van der Waals surface area (Å²) in [6.45, 7) is 2.29. The SMILES string of the molecule is C[C@H](CN(C)c1ccccc1)NS(=O)(=O)c1cc(C(N)=O)n(C)c1. The van der Waals surface area contributed by atoms with Gasteiger partial charge in [0.1, 0.15) is 10.6 Å². The van der Waals surface area contributed by atoms with Gasteiger partial charge in [0.05, 0.1) is 0 Å². The normalized spacial score (nSPS) is 12.8. The van der Waals surface area contributed by atoms with Gasteiger partial charge in [0.25, 0.3) is 5.91 Å². The molecule has 0 spiro atoms. The number of primary amides is 1. The van der Waals surface area contributed by atoms with Gasteiger partial charge in [-0.1, -0.05) is 18.2 Å². The van der Waals surface area contributed by atoms with Gasteiger partial charge in [-0.2, -0.15) is 0 Å². The van der Waals surface area contributed by atoms with Crippen LogP contribution in [0.2, 0.25) is 0 Å². The number of para-hydroxylation sites is 1. The van der Waals surface area contributed by atoms with Crippen LogP contribution in [0.4, 0.5) is 5.69 Å². The van der Waals surface area contributed by atoms with Crippen LogP contribution in [0.3, 0.4) is 0 Å². The van der Waals surface area contributed by atoms with Crippen LogP contribution < -0.4 is 15.4 Å². The van der Waals surface area contributed by atoms with Gasteiger partial charge in [0, 0.05) is 38.6 Å². The number of carbonyl (C=O) groups excluding carboxylic acids is 1. The first-order valence-corrected chi connectivity index (χ1v) is 8.93. The number of anilines is 1. The molecule has 0 unspecified atom stereocenters. The molecule has 0 saturated heterocycles. The van der Waals surface area contributed by atoms with Crippen molar-refractivity contribution in [2.45, 2.75) is 17.9 Å². The van der Waals surface area contributed by atoms with Crippen LogP contribution in [0, 0.1) is 0 Å². The number of nitrogens with two attached hydrogens (primary N) is 1. The highest BCUT2D eigenvalue weighted by atomic mass is 32.2. The molecule has 1 heterocycles. The van der Waals surface area contributed by atoms with Crippen molar-refractivity contribution >= 4 is 21.6 Å². The minimum absolute atomic E-state index is 0.0213. The number of aromatic nitrogens is 1. The summed E-state index contributed by atoms with van der Waals surface area (Å²) in [5.74, 6) is -0.671. The maximum Gasteiger partial charge on any atom is 0.265 e. The minimum Gasteiger partial charge on any atom is -0.373 e. The predicted molar refractivity (Wildman–Crippen MR) is 93.4 cm³/mol. The number of aryl methyl sites for hydroxylation is 1. The smallest absolute Gasteiger partial charge is 0.265 e. The molecule has 1 aromatic carbocycles. The summed E-state index contributed by atoms with van der Waals surface area (Å²) >= 11 is 0. The van der Waals surface area contributed by atoms with E-state index in [0.29, 0.717) is 6.54 Å². The van der Waals surface area contributed by atoms with Crippen LogP contribution in [0.5, 0.6) is 0 Å².